The molecule has 1 aromatic carbocycles. The molecule has 0 radical (unpaired) electrons. The second-order valence-corrected chi connectivity index (χ2v) is 11.4. The number of hydrogen-bond donors (Lipinski definition) is 1. The van der Waals surface area contributed by atoms with Crippen LogP contribution < -0.4 is 5.32 Å². The molecule has 2 aromatic rings. The summed E-state index contributed by atoms with van der Waals surface area (Å²) in [5.41, 5.74) is 0.550. The lowest BCUT2D eigenvalue weighted by atomic mass is 9.97. The molecule has 1 N–H and O–H groups in total. The van der Waals surface area contributed by atoms with Crippen molar-refractivity contribution < 1.29 is 26.9 Å². The standard InChI is InChI=1S/C26H35FN4O5S/c1-19(30-15-17-35-18-16-30)9-12-28-26(32)22-10-13-31(14-11-22)37(33,34)25-20(2)29-36-24(25)8-7-21-5-3-4-6-23(21)27/h3-8,19,22H,9-18H2,1-2H3,(H,28,32). The van der Waals surface area contributed by atoms with E-state index in [1.165, 1.54) is 22.5 Å². The highest BCUT2D eigenvalue weighted by Gasteiger charge is 2.36. The van der Waals surface area contributed by atoms with Gasteiger partial charge in [0.2, 0.25) is 15.9 Å². The largest absolute Gasteiger partial charge is 0.379 e. The van der Waals surface area contributed by atoms with Crippen molar-refractivity contribution in [2.24, 2.45) is 5.92 Å². The maximum Gasteiger partial charge on any atom is 0.248 e. The molecule has 11 heteroatoms. The molecule has 2 aliphatic rings. The van der Waals surface area contributed by atoms with E-state index < -0.39 is 15.8 Å². The number of rotatable bonds is 9. The molecule has 37 heavy (non-hydrogen) atoms. The highest BCUT2D eigenvalue weighted by molar-refractivity contribution is 7.89. The Morgan fingerprint density at radius 1 is 1.19 bits per heavy atom. The lowest BCUT2D eigenvalue weighted by Crippen LogP contribution is -2.45. The van der Waals surface area contributed by atoms with Crippen molar-refractivity contribution in [3.05, 3.63) is 47.1 Å². The van der Waals surface area contributed by atoms with Crippen molar-refractivity contribution in [3.63, 3.8) is 0 Å². The van der Waals surface area contributed by atoms with Crippen molar-refractivity contribution in [3.8, 4) is 0 Å². The lowest BCUT2D eigenvalue weighted by molar-refractivity contribution is -0.126. The summed E-state index contributed by atoms with van der Waals surface area (Å²) in [5.74, 6) is -0.625. The number of carbonyl (C=O) groups is 1. The molecule has 1 aromatic heterocycles. The van der Waals surface area contributed by atoms with E-state index in [0.29, 0.717) is 31.0 Å². The zero-order valence-corrected chi connectivity index (χ0v) is 22.2. The van der Waals surface area contributed by atoms with Crippen LogP contribution in [0.15, 0.2) is 33.7 Å². The highest BCUT2D eigenvalue weighted by atomic mass is 32.2. The second kappa shape index (κ2) is 12.3. The van der Waals surface area contributed by atoms with Crippen LogP contribution in [0.4, 0.5) is 4.39 Å². The number of halogens is 1. The number of hydrogen-bond acceptors (Lipinski definition) is 7. The summed E-state index contributed by atoms with van der Waals surface area (Å²) in [6.45, 7) is 8.09. The number of sulfonamides is 1. The van der Waals surface area contributed by atoms with Crippen molar-refractivity contribution in [1.82, 2.24) is 19.7 Å². The van der Waals surface area contributed by atoms with Gasteiger partial charge in [-0.15, -0.1) is 0 Å². The Kier molecular flexibility index (Phi) is 9.12. The maximum absolute atomic E-state index is 14.0. The molecule has 4 rings (SSSR count). The Bertz CT molecular complexity index is 1200. The van der Waals surface area contributed by atoms with Gasteiger partial charge in [-0.1, -0.05) is 23.4 Å². The zero-order chi connectivity index (χ0) is 26.4. The number of amides is 1. The van der Waals surface area contributed by atoms with Crippen LogP contribution in [0.1, 0.15) is 43.2 Å². The number of nitrogens with zero attached hydrogens (tertiary/aromatic N) is 3. The van der Waals surface area contributed by atoms with Gasteiger partial charge in [-0.25, -0.2) is 12.8 Å². The van der Waals surface area contributed by atoms with Crippen molar-refractivity contribution in [2.45, 2.75) is 44.0 Å². The summed E-state index contributed by atoms with van der Waals surface area (Å²) < 4.78 is 52.9. The third kappa shape index (κ3) is 6.64. The lowest BCUT2D eigenvalue weighted by Gasteiger charge is -2.33. The Hall–Kier alpha value is -2.60. The van der Waals surface area contributed by atoms with Gasteiger partial charge in [-0.3, -0.25) is 9.69 Å². The number of carbonyl (C=O) groups excluding carboxylic acids is 1. The first-order valence-electron chi connectivity index (χ1n) is 12.8. The quantitative estimate of drug-likeness (QED) is 0.527. The normalized spacial score (nSPS) is 19.3. The van der Waals surface area contributed by atoms with Gasteiger partial charge < -0.3 is 14.6 Å². The fraction of sp³-hybridized carbons (Fsp3) is 0.538. The molecule has 9 nitrogen and oxygen atoms in total. The van der Waals surface area contributed by atoms with E-state index in [0.717, 1.165) is 32.7 Å². The van der Waals surface area contributed by atoms with Crippen LogP contribution in [-0.4, -0.2) is 80.7 Å². The Labute approximate surface area is 217 Å². The first-order chi connectivity index (χ1) is 17.8. The van der Waals surface area contributed by atoms with Crippen LogP contribution in [0.3, 0.4) is 0 Å². The molecular weight excluding hydrogens is 499 g/mol. The number of nitrogens with one attached hydrogen (secondary N) is 1. The monoisotopic (exact) mass is 534 g/mol. The smallest absolute Gasteiger partial charge is 0.248 e. The third-order valence-electron chi connectivity index (χ3n) is 7.11. The molecule has 202 valence electrons. The minimum atomic E-state index is -3.90. The van der Waals surface area contributed by atoms with Crippen LogP contribution in [0.25, 0.3) is 12.2 Å². The molecule has 1 unspecified atom stereocenters. The minimum Gasteiger partial charge on any atom is -0.379 e. The van der Waals surface area contributed by atoms with Gasteiger partial charge >= 0.3 is 0 Å². The number of aromatic nitrogens is 1. The van der Waals surface area contributed by atoms with E-state index in [-0.39, 0.29) is 41.3 Å². The summed E-state index contributed by atoms with van der Waals surface area (Å²) in [7, 11) is -3.90. The number of benzene rings is 1. The van der Waals surface area contributed by atoms with Gasteiger partial charge in [-0.05, 0) is 51.3 Å². The zero-order valence-electron chi connectivity index (χ0n) is 21.4. The first-order valence-corrected chi connectivity index (χ1v) is 14.2. The predicted octanol–water partition coefficient (Wildman–Crippen LogP) is 2.92. The van der Waals surface area contributed by atoms with Gasteiger partial charge in [0.1, 0.15) is 11.5 Å². The van der Waals surface area contributed by atoms with E-state index in [1.54, 1.807) is 25.1 Å². The number of ether oxygens (including phenoxy) is 1. The predicted molar refractivity (Wildman–Crippen MR) is 138 cm³/mol. The van der Waals surface area contributed by atoms with Gasteiger partial charge in [0.15, 0.2) is 10.7 Å². The van der Waals surface area contributed by atoms with Gasteiger partial charge in [-0.2, -0.15) is 4.31 Å². The topological polar surface area (TPSA) is 105 Å². The summed E-state index contributed by atoms with van der Waals surface area (Å²) in [6.07, 6.45) is 4.62. The maximum atomic E-state index is 14.0. The molecular formula is C26H35FN4O5S. The second-order valence-electron chi connectivity index (χ2n) is 9.57. The molecule has 0 bridgehead atoms. The van der Waals surface area contributed by atoms with Crippen LogP contribution in [0, 0.1) is 18.7 Å². The molecule has 2 aliphatic heterocycles. The van der Waals surface area contributed by atoms with E-state index >= 15 is 0 Å². The Morgan fingerprint density at radius 2 is 1.89 bits per heavy atom. The van der Waals surface area contributed by atoms with Gasteiger partial charge in [0.05, 0.1) is 13.2 Å². The Morgan fingerprint density at radius 3 is 2.59 bits per heavy atom. The van der Waals surface area contributed by atoms with Crippen molar-refractivity contribution in [1.29, 1.82) is 0 Å². The van der Waals surface area contributed by atoms with Crippen LogP contribution in [0.5, 0.6) is 0 Å². The SMILES string of the molecule is Cc1noc(C=Cc2ccccc2F)c1S(=O)(=O)N1CCC(C(=O)NCCC(C)N2CCOCC2)CC1. The summed E-state index contributed by atoms with van der Waals surface area (Å²) in [6, 6.07) is 6.55. The van der Waals surface area contributed by atoms with Gasteiger partial charge in [0.25, 0.3) is 0 Å². The molecule has 3 heterocycles. The molecule has 0 aliphatic carbocycles. The molecule has 2 fully saturated rings. The number of aryl methyl sites for hydroxylation is 1. The van der Waals surface area contributed by atoms with Crippen molar-refractivity contribution >= 4 is 28.1 Å². The van der Waals surface area contributed by atoms with E-state index in [4.69, 9.17) is 9.26 Å². The average molecular weight is 535 g/mol. The Balaban J connectivity index is 1.32. The van der Waals surface area contributed by atoms with Gasteiger partial charge in [0, 0.05) is 50.2 Å². The van der Waals surface area contributed by atoms with Crippen LogP contribution in [0.2, 0.25) is 0 Å². The third-order valence-corrected chi connectivity index (χ3v) is 9.16. The average Bonchev–Trinajstić information content (AvgIpc) is 3.29. The minimum absolute atomic E-state index is 0.0270. The van der Waals surface area contributed by atoms with Crippen molar-refractivity contribution in [2.75, 3.05) is 45.9 Å². The van der Waals surface area contributed by atoms with E-state index in [9.17, 15) is 17.6 Å². The van der Waals surface area contributed by atoms with Crippen LogP contribution in [-0.2, 0) is 19.6 Å². The molecule has 0 saturated carbocycles. The fourth-order valence-corrected chi connectivity index (χ4v) is 6.53. The van der Waals surface area contributed by atoms with E-state index in [1.807, 2.05) is 0 Å². The fourth-order valence-electron chi connectivity index (χ4n) is 4.81. The molecule has 2 saturated heterocycles. The summed E-state index contributed by atoms with van der Waals surface area (Å²) in [5, 5.41) is 6.87. The molecule has 1 amide bonds. The highest BCUT2D eigenvalue weighted by Crippen LogP contribution is 2.29. The number of piperidine rings is 1. The first kappa shape index (κ1) is 27.4. The van der Waals surface area contributed by atoms with Crippen LogP contribution >= 0.6 is 0 Å². The summed E-state index contributed by atoms with van der Waals surface area (Å²) in [4.78, 5) is 15.1. The molecule has 1 atom stereocenters. The number of morpholine rings is 1. The summed E-state index contributed by atoms with van der Waals surface area (Å²) >= 11 is 0. The van der Waals surface area contributed by atoms with E-state index in [2.05, 4.69) is 22.3 Å². The molecule has 0 spiro atoms.